The predicted molar refractivity (Wildman–Crippen MR) is 312 cm³/mol. The van der Waals surface area contributed by atoms with Crippen LogP contribution in [-0.4, -0.2) is 7.62 Å². The molecular weight excluding hydrogens is 1010 g/mol. The van der Waals surface area contributed by atoms with Crippen LogP contribution in [0.15, 0.2) is 243 Å². The second-order valence-corrected chi connectivity index (χ2v) is 21.9. The maximum absolute atomic E-state index is 2.28. The summed E-state index contributed by atoms with van der Waals surface area (Å²) < 4.78 is 2.83. The molecule has 0 nitrogen and oxygen atoms in total. The molecule has 368 valence electrons. The zero-order valence-corrected chi connectivity index (χ0v) is 48.5. The predicted octanol–water partition coefficient (Wildman–Crippen LogP) is 13.6. The minimum atomic E-state index is 0. The van der Waals surface area contributed by atoms with Gasteiger partial charge >= 0.3 is 75.3 Å². The Kier molecular flexibility index (Phi) is 23.2. The Hall–Kier alpha value is -6.05. The Labute approximate surface area is 476 Å². The monoisotopic (exact) mass is 1070 g/mol. The number of hydrogen-bond donors (Lipinski definition) is 0. The quantitative estimate of drug-likeness (QED) is 0.122. The summed E-state index contributed by atoms with van der Waals surface area (Å²) in [6, 6.07) is 86.2. The second kappa shape index (κ2) is 29.1. The van der Waals surface area contributed by atoms with E-state index in [1.165, 1.54) is 117 Å². The van der Waals surface area contributed by atoms with Gasteiger partial charge in [0.1, 0.15) is 0 Å². The first-order valence-electron chi connectivity index (χ1n) is 24.7. The van der Waals surface area contributed by atoms with Gasteiger partial charge in [0.05, 0.1) is 0 Å². The summed E-state index contributed by atoms with van der Waals surface area (Å²) in [6.45, 7) is 17.0. The summed E-state index contributed by atoms with van der Waals surface area (Å²) in [7, 11) is 0. The van der Waals surface area contributed by atoms with Gasteiger partial charge < -0.3 is 24.8 Å². The van der Waals surface area contributed by atoms with Gasteiger partial charge in [-0.05, 0) is 44.5 Å². The van der Waals surface area contributed by atoms with Crippen LogP contribution in [0.25, 0.3) is 87.6 Å². The molecule has 4 heteroatoms. The van der Waals surface area contributed by atoms with Crippen LogP contribution in [0.1, 0.15) is 49.9 Å². The smallest absolute Gasteiger partial charge is 0.0200 e. The fourth-order valence-corrected chi connectivity index (χ4v) is 8.63. The minimum absolute atomic E-state index is 0. The number of rotatable bonds is 4. The molecule has 0 aliphatic heterocycles. The number of aryl methyl sites for hydroxylation is 4. The van der Waals surface area contributed by atoms with Crippen LogP contribution in [-0.2, 0) is 39.9 Å². The van der Waals surface area contributed by atoms with Crippen molar-refractivity contribution in [1.29, 1.82) is 0 Å². The molecule has 0 spiro atoms. The van der Waals surface area contributed by atoms with Crippen LogP contribution in [0, 0.1) is 27.7 Å². The molecule has 0 radical (unpaired) electrons. The number of halogens is 2. The molecule has 0 saturated heterocycles. The van der Waals surface area contributed by atoms with Gasteiger partial charge in [0.2, 0.25) is 0 Å². The molecule has 0 N–H and O–H groups in total. The summed E-state index contributed by atoms with van der Waals surface area (Å²) in [5.74, 6) is 0. The molecule has 74 heavy (non-hydrogen) atoms. The van der Waals surface area contributed by atoms with E-state index >= 15 is 0 Å². The van der Waals surface area contributed by atoms with Crippen LogP contribution < -0.4 is 24.8 Å². The first-order valence-corrected chi connectivity index (χ1v) is 26.3. The fraction of sp³-hybridized carbons (Fsp3) is 0.114. The largest absolute Gasteiger partial charge is 1.00 e. The molecule has 12 rings (SSSR count). The van der Waals surface area contributed by atoms with Crippen molar-refractivity contribution in [1.82, 2.24) is 0 Å². The third-order valence-corrected chi connectivity index (χ3v) is 12.4. The molecule has 0 aromatic heterocycles. The average molecular weight is 1070 g/mol. The first kappa shape index (κ1) is 58.8. The van der Waals surface area contributed by atoms with E-state index in [4.69, 9.17) is 0 Å². The zero-order valence-electron chi connectivity index (χ0n) is 43.8. The van der Waals surface area contributed by atoms with Crippen molar-refractivity contribution in [3.63, 3.8) is 0 Å². The van der Waals surface area contributed by atoms with E-state index in [1.54, 1.807) is 0 Å². The van der Waals surface area contributed by atoms with Crippen molar-refractivity contribution >= 4 is 50.7 Å². The van der Waals surface area contributed by atoms with Crippen LogP contribution in [0.3, 0.4) is 0 Å². The van der Waals surface area contributed by atoms with Gasteiger partial charge in [-0.3, -0.25) is 0 Å². The van der Waals surface area contributed by atoms with Gasteiger partial charge in [0.15, 0.2) is 0 Å². The third kappa shape index (κ3) is 16.5. The molecule has 0 heterocycles. The van der Waals surface area contributed by atoms with E-state index in [0.717, 1.165) is 0 Å². The van der Waals surface area contributed by atoms with Crippen molar-refractivity contribution in [2.24, 2.45) is 0 Å². The van der Waals surface area contributed by atoms with Gasteiger partial charge in [-0.15, -0.1) is 91.6 Å². The Morgan fingerprint density at radius 2 is 0.446 bits per heavy atom. The van der Waals surface area contributed by atoms with Gasteiger partial charge in [0.25, 0.3) is 0 Å². The molecule has 0 saturated carbocycles. The zero-order chi connectivity index (χ0) is 51.0. The van der Waals surface area contributed by atoms with Crippen molar-refractivity contribution in [3.05, 3.63) is 265 Å². The standard InChI is InChI=1S/4C16H13.2C3H6.2ClH.2Ti/c4*1-12-7-8-14-9-10-15(11-16(12)14)13-5-3-2-4-6-13;2*1-3-2;;;;/h4*2-11H,1H3;2*1-2H3;2*1H;;/q4*-1;;;;;2*+2/p-2. The van der Waals surface area contributed by atoms with Crippen molar-refractivity contribution in [3.8, 4) is 44.5 Å². The summed E-state index contributed by atoms with van der Waals surface area (Å²) in [6.07, 6.45) is 0. The van der Waals surface area contributed by atoms with Crippen molar-refractivity contribution in [2.45, 2.75) is 55.4 Å². The average Bonchev–Trinajstić information content (AvgIpc) is 4.19. The summed E-state index contributed by atoms with van der Waals surface area (Å²) in [5, 5.41) is 10.8. The van der Waals surface area contributed by atoms with Gasteiger partial charge in [-0.25, -0.2) is 0 Å². The van der Waals surface area contributed by atoms with Crippen LogP contribution in [0.4, 0.5) is 0 Å². The Morgan fingerprint density at radius 1 is 0.270 bits per heavy atom. The topological polar surface area (TPSA) is 0 Å². The van der Waals surface area contributed by atoms with E-state index in [1.807, 2.05) is 0 Å². The van der Waals surface area contributed by atoms with Crippen LogP contribution in [0.2, 0.25) is 0 Å². The molecule has 0 unspecified atom stereocenters. The first-order chi connectivity index (χ1) is 34.8. The summed E-state index contributed by atoms with van der Waals surface area (Å²) >= 11 is 4.17. The second-order valence-electron chi connectivity index (χ2n) is 18.7. The van der Waals surface area contributed by atoms with E-state index in [9.17, 15) is 0 Å². The van der Waals surface area contributed by atoms with E-state index in [-0.39, 0.29) is 24.8 Å². The number of hydrogen-bond acceptors (Lipinski definition) is 0. The maximum atomic E-state index is 2.28. The molecule has 0 aliphatic carbocycles. The van der Waals surface area contributed by atoms with E-state index in [2.05, 4.69) is 338 Å². The number of fused-ring (bicyclic) bond motifs is 4. The van der Waals surface area contributed by atoms with Crippen LogP contribution in [0.5, 0.6) is 0 Å². The molecular formula is C70H64Cl2Ti2-2. The Morgan fingerprint density at radius 3 is 0.622 bits per heavy atom. The van der Waals surface area contributed by atoms with Gasteiger partial charge in [-0.2, -0.15) is 46.5 Å². The molecule has 0 aliphatic rings. The Balaban J connectivity index is 0.000000173. The molecule has 0 fully saturated rings. The fourth-order valence-electron chi connectivity index (χ4n) is 8.63. The minimum Gasteiger partial charge on any atom is -1.00 e. The molecule has 12 aromatic rings. The number of benzene rings is 8. The molecule has 0 amide bonds. The van der Waals surface area contributed by atoms with Gasteiger partial charge in [0, 0.05) is 0 Å². The van der Waals surface area contributed by atoms with E-state index < -0.39 is 0 Å². The van der Waals surface area contributed by atoms with Gasteiger partial charge in [-0.1, -0.05) is 198 Å². The Bertz CT molecular complexity index is 3140. The molecule has 0 bridgehead atoms. The maximum Gasteiger partial charge on any atom is -0.0200 e. The SMILES string of the molecule is C[C](C)=[Ti+2].C[C](C)=[Ti+2].Cc1c[cH-]c2ccc(-c3ccccc3)cc12.Cc1c[cH-]c2ccc(-c3ccccc3)cc12.Cc1c[cH-]c2ccc(-c3ccccc3)cc12.Cc1c[cH-]c2ccc(-c3ccccc3)cc12.[Cl-].[Cl-]. The molecule has 12 aromatic carbocycles. The normalized spacial score (nSPS) is 10.1. The summed E-state index contributed by atoms with van der Waals surface area (Å²) in [4.78, 5) is 0. The van der Waals surface area contributed by atoms with Crippen LogP contribution >= 0.6 is 0 Å². The van der Waals surface area contributed by atoms with E-state index in [0.29, 0.717) is 0 Å². The van der Waals surface area contributed by atoms with Crippen molar-refractivity contribution < 1.29 is 64.8 Å². The third-order valence-electron chi connectivity index (χ3n) is 12.4. The molecule has 0 atom stereocenters. The van der Waals surface area contributed by atoms with Crippen molar-refractivity contribution in [2.75, 3.05) is 0 Å². The summed E-state index contributed by atoms with van der Waals surface area (Å²) in [5.41, 5.74) is 15.7.